The molecule has 1 radical (unpaired) electrons. The average Bonchev–Trinajstić information content (AvgIpc) is 1.89. The van der Waals surface area contributed by atoms with Crippen molar-refractivity contribution in [3.05, 3.63) is 0 Å². The molecule has 0 bridgehead atoms. The van der Waals surface area contributed by atoms with Crippen LogP contribution < -0.4 is 0 Å². The summed E-state index contributed by atoms with van der Waals surface area (Å²) < 4.78 is 0. The van der Waals surface area contributed by atoms with Crippen molar-refractivity contribution in [2.45, 2.75) is 32.1 Å². The van der Waals surface area contributed by atoms with Gasteiger partial charge in [0.25, 0.3) is 0 Å². The molecule has 0 fully saturated rings. The van der Waals surface area contributed by atoms with Gasteiger partial charge in [0.1, 0.15) is 0 Å². The molecule has 0 unspecified atom stereocenters. The lowest BCUT2D eigenvalue weighted by Crippen LogP contribution is -1.83. The molecule has 0 aromatic heterocycles. The van der Waals surface area contributed by atoms with Crippen LogP contribution in [0.3, 0.4) is 0 Å². The molecule has 0 aromatic carbocycles. The predicted octanol–water partition coefficient (Wildman–Crippen LogP) is 1.04. The van der Waals surface area contributed by atoms with Crippen LogP contribution in [-0.2, 0) is 4.79 Å². The summed E-state index contributed by atoms with van der Waals surface area (Å²) in [6.07, 6.45) is 6.22. The fourth-order valence-corrected chi connectivity index (χ4v) is 0.663. The Morgan fingerprint density at radius 1 is 1.11 bits per heavy atom. The maximum Gasteiger partial charge on any atom is 0.198 e. The van der Waals surface area contributed by atoms with E-state index in [1.165, 1.54) is 0 Å². The van der Waals surface area contributed by atoms with Gasteiger partial charge in [-0.25, -0.2) is 0 Å². The highest BCUT2D eigenvalue weighted by atomic mass is 16.2. The maximum atomic E-state index is 9.66. The van der Waals surface area contributed by atoms with Crippen LogP contribution in [0.4, 0.5) is 0 Å². The van der Waals surface area contributed by atoms with Gasteiger partial charge in [-0.05, 0) is 12.8 Å². The summed E-state index contributed by atoms with van der Waals surface area (Å²) in [5, 5.41) is 8.35. The highest BCUT2D eigenvalue weighted by Gasteiger charge is 1.87. The van der Waals surface area contributed by atoms with Crippen LogP contribution in [0.25, 0.3) is 0 Å². The number of aliphatic hydroxyl groups excluding tert-OH is 1. The second-order valence-electron chi connectivity index (χ2n) is 2.03. The number of unbranched alkanes of at least 4 members (excludes halogenated alkanes) is 4. The van der Waals surface area contributed by atoms with Gasteiger partial charge in [-0.15, -0.1) is 0 Å². The topological polar surface area (TPSA) is 37.3 Å². The predicted molar refractivity (Wildman–Crippen MR) is 35.9 cm³/mol. The number of aliphatic hydroxyl groups is 1. The number of carbonyl (C=O) groups excluding carboxylic acids is 1. The van der Waals surface area contributed by atoms with E-state index >= 15 is 0 Å². The number of hydrogen-bond acceptors (Lipinski definition) is 2. The fraction of sp³-hybridized carbons (Fsp3) is 0.857. The molecule has 0 aromatic rings. The van der Waals surface area contributed by atoms with Crippen molar-refractivity contribution in [2.24, 2.45) is 0 Å². The summed E-state index contributed by atoms with van der Waals surface area (Å²) >= 11 is 0. The third-order valence-electron chi connectivity index (χ3n) is 1.19. The van der Waals surface area contributed by atoms with Gasteiger partial charge >= 0.3 is 0 Å². The fourth-order valence-electron chi connectivity index (χ4n) is 0.663. The van der Waals surface area contributed by atoms with Gasteiger partial charge in [0.15, 0.2) is 6.29 Å². The van der Waals surface area contributed by atoms with Crippen LogP contribution in [0.1, 0.15) is 32.1 Å². The first-order chi connectivity index (χ1) is 4.41. The molecular weight excluding hydrogens is 116 g/mol. The van der Waals surface area contributed by atoms with Gasteiger partial charge in [-0.2, -0.15) is 0 Å². The number of hydrogen-bond donors (Lipinski definition) is 1. The monoisotopic (exact) mass is 129 g/mol. The van der Waals surface area contributed by atoms with Crippen LogP contribution in [-0.4, -0.2) is 18.0 Å². The molecule has 2 nitrogen and oxygen atoms in total. The van der Waals surface area contributed by atoms with Crippen LogP contribution in [0.5, 0.6) is 0 Å². The molecule has 0 aliphatic heterocycles. The molecule has 0 saturated carbocycles. The van der Waals surface area contributed by atoms with Crippen molar-refractivity contribution in [3.8, 4) is 0 Å². The van der Waals surface area contributed by atoms with E-state index in [-0.39, 0.29) is 6.61 Å². The molecule has 0 aliphatic rings. The van der Waals surface area contributed by atoms with Crippen LogP contribution in [0.2, 0.25) is 0 Å². The van der Waals surface area contributed by atoms with Gasteiger partial charge in [0.05, 0.1) is 0 Å². The Bertz CT molecular complexity index is 61.9. The molecule has 0 aliphatic carbocycles. The molecule has 0 atom stereocenters. The van der Waals surface area contributed by atoms with Crippen molar-refractivity contribution in [3.63, 3.8) is 0 Å². The van der Waals surface area contributed by atoms with Crippen molar-refractivity contribution in [2.75, 3.05) is 6.61 Å². The van der Waals surface area contributed by atoms with Crippen molar-refractivity contribution < 1.29 is 9.90 Å². The molecular formula is C7H13O2. The third kappa shape index (κ3) is 7.63. The summed E-state index contributed by atoms with van der Waals surface area (Å²) in [7, 11) is 0. The van der Waals surface area contributed by atoms with E-state index in [0.717, 1.165) is 25.7 Å². The Morgan fingerprint density at radius 2 is 1.78 bits per heavy atom. The van der Waals surface area contributed by atoms with E-state index in [2.05, 4.69) is 0 Å². The maximum absolute atomic E-state index is 9.66. The van der Waals surface area contributed by atoms with E-state index in [4.69, 9.17) is 5.11 Å². The summed E-state index contributed by atoms with van der Waals surface area (Å²) in [6, 6.07) is 0. The smallest absolute Gasteiger partial charge is 0.198 e. The minimum absolute atomic E-state index is 0.269. The SMILES string of the molecule is O=[C]CCCCCCO. The zero-order valence-electron chi connectivity index (χ0n) is 5.60. The highest BCUT2D eigenvalue weighted by molar-refractivity contribution is 5.50. The Kier molecular flexibility index (Phi) is 7.32. The van der Waals surface area contributed by atoms with E-state index in [1.54, 1.807) is 0 Å². The first-order valence-corrected chi connectivity index (χ1v) is 3.37. The summed E-state index contributed by atoms with van der Waals surface area (Å²) in [5.41, 5.74) is 0. The molecule has 9 heavy (non-hydrogen) atoms. The summed E-state index contributed by atoms with van der Waals surface area (Å²) in [6.45, 7) is 0.269. The number of rotatable bonds is 6. The Labute approximate surface area is 55.9 Å². The standard InChI is InChI=1S/C7H13O2/c8-6-4-2-1-3-5-7-9/h8H,1-6H2. The largest absolute Gasteiger partial charge is 0.396 e. The van der Waals surface area contributed by atoms with Gasteiger partial charge in [-0.1, -0.05) is 12.8 Å². The van der Waals surface area contributed by atoms with E-state index < -0.39 is 0 Å². The molecule has 0 heterocycles. The molecule has 0 rings (SSSR count). The summed E-state index contributed by atoms with van der Waals surface area (Å²) in [5.74, 6) is 0. The molecule has 53 valence electrons. The molecule has 2 heteroatoms. The van der Waals surface area contributed by atoms with Crippen molar-refractivity contribution in [1.82, 2.24) is 0 Å². The zero-order valence-corrected chi connectivity index (χ0v) is 5.60. The lowest BCUT2D eigenvalue weighted by atomic mass is 10.2. The van der Waals surface area contributed by atoms with Crippen molar-refractivity contribution in [1.29, 1.82) is 0 Å². The van der Waals surface area contributed by atoms with Gasteiger partial charge in [0.2, 0.25) is 0 Å². The first-order valence-electron chi connectivity index (χ1n) is 3.37. The lowest BCUT2D eigenvalue weighted by molar-refractivity contribution is 0.282. The molecule has 0 amide bonds. The first kappa shape index (κ1) is 8.63. The Hall–Kier alpha value is -0.370. The van der Waals surface area contributed by atoms with Crippen molar-refractivity contribution >= 4 is 6.29 Å². The molecule has 0 spiro atoms. The molecule has 0 saturated heterocycles. The van der Waals surface area contributed by atoms with Gasteiger partial charge in [0, 0.05) is 13.0 Å². The average molecular weight is 129 g/mol. The van der Waals surface area contributed by atoms with Gasteiger partial charge < -0.3 is 5.11 Å². The van der Waals surface area contributed by atoms with Crippen LogP contribution >= 0.6 is 0 Å². The normalized spacial score (nSPS) is 9.44. The summed E-state index contributed by atoms with van der Waals surface area (Å²) in [4.78, 5) is 9.66. The quantitative estimate of drug-likeness (QED) is 0.544. The second kappa shape index (κ2) is 7.63. The Balaban J connectivity index is 2.66. The highest BCUT2D eigenvalue weighted by Crippen LogP contribution is 1.99. The Morgan fingerprint density at radius 3 is 2.33 bits per heavy atom. The minimum Gasteiger partial charge on any atom is -0.396 e. The van der Waals surface area contributed by atoms with E-state index in [0.29, 0.717) is 6.42 Å². The van der Waals surface area contributed by atoms with Gasteiger partial charge in [-0.3, -0.25) is 4.79 Å². The lowest BCUT2D eigenvalue weighted by Gasteiger charge is -1.92. The van der Waals surface area contributed by atoms with Crippen LogP contribution in [0.15, 0.2) is 0 Å². The third-order valence-corrected chi connectivity index (χ3v) is 1.19. The molecule has 1 N–H and O–H groups in total. The van der Waals surface area contributed by atoms with E-state index in [1.807, 2.05) is 6.29 Å². The van der Waals surface area contributed by atoms with E-state index in [9.17, 15) is 4.79 Å². The van der Waals surface area contributed by atoms with Crippen LogP contribution in [0, 0.1) is 0 Å². The minimum atomic E-state index is 0.269. The second-order valence-corrected chi connectivity index (χ2v) is 2.03. The zero-order chi connectivity index (χ0) is 6.95.